The van der Waals surface area contributed by atoms with Crippen molar-refractivity contribution in [3.05, 3.63) is 59.7 Å². The first-order valence-corrected chi connectivity index (χ1v) is 47.5. The molecule has 0 bridgehead atoms. The van der Waals surface area contributed by atoms with Gasteiger partial charge in [-0.05, 0) is 74.1 Å². The molecule has 0 aliphatic rings. The van der Waals surface area contributed by atoms with Crippen LogP contribution in [0.2, 0.25) is 0 Å². The molecule has 2 aromatic rings. The summed E-state index contributed by atoms with van der Waals surface area (Å²) < 4.78 is 0. The number of aryl methyl sites for hydroxylation is 2. The van der Waals surface area contributed by atoms with Crippen LogP contribution < -0.4 is 0 Å². The van der Waals surface area contributed by atoms with Gasteiger partial charge in [0.1, 0.15) is 5.71 Å². The summed E-state index contributed by atoms with van der Waals surface area (Å²) in [5.74, 6) is 21.7. The van der Waals surface area contributed by atoms with Gasteiger partial charge in [0.2, 0.25) is 0 Å². The fourth-order valence-corrected chi connectivity index (χ4v) is 15.4. The predicted molar refractivity (Wildman–Crippen MR) is 471 cm³/mol. The maximum atomic E-state index is 5.62. The van der Waals surface area contributed by atoms with Crippen molar-refractivity contribution in [1.29, 1.82) is 0 Å². The molecule has 602 valence electrons. The zero-order chi connectivity index (χ0) is 73.9. The summed E-state index contributed by atoms with van der Waals surface area (Å²) in [6, 6.07) is 17.7. The van der Waals surface area contributed by atoms with Gasteiger partial charge in [0.15, 0.2) is 0 Å². The fourth-order valence-electron chi connectivity index (χ4n) is 15.4. The van der Waals surface area contributed by atoms with Gasteiger partial charge < -0.3 is 0 Å². The Morgan fingerprint density at radius 2 is 0.419 bits per heavy atom. The van der Waals surface area contributed by atoms with Crippen LogP contribution in [0.4, 0.5) is 11.4 Å². The Hall–Kier alpha value is -2.88. The summed E-state index contributed by atoms with van der Waals surface area (Å²) in [6.45, 7) is 9.26. The normalized spacial score (nSPS) is 11.5. The van der Waals surface area contributed by atoms with Crippen LogP contribution >= 0.6 is 0 Å². The molecule has 2 rings (SSSR count). The molecule has 0 unspecified atom stereocenters. The topological polar surface area (TPSA) is 24.7 Å². The number of nitrogens with zero attached hydrogens (tertiary/aromatic N) is 2. The molecule has 0 atom stereocenters. The zero-order valence-corrected chi connectivity index (χ0v) is 72.5. The Bertz CT molecular complexity index is 2360. The Labute approximate surface area is 672 Å². The van der Waals surface area contributed by atoms with E-state index in [-0.39, 0.29) is 20.4 Å². The quantitative estimate of drug-likeness (QED) is 0.0273. The van der Waals surface area contributed by atoms with Crippen LogP contribution in [0.25, 0.3) is 0 Å². The van der Waals surface area contributed by atoms with Gasteiger partial charge in [-0.25, -0.2) is 4.99 Å². The van der Waals surface area contributed by atoms with E-state index in [1.54, 1.807) is 0 Å². The average molecular weight is 1540 g/mol. The molecule has 0 amide bonds. The maximum Gasteiger partial charge on any atom is 2.00 e. The minimum atomic E-state index is 0. The van der Waals surface area contributed by atoms with E-state index in [9.17, 15) is 0 Å². The third kappa shape index (κ3) is 70.0. The van der Waals surface area contributed by atoms with Gasteiger partial charge in [0.25, 0.3) is 0 Å². The van der Waals surface area contributed by atoms with Crippen LogP contribution in [0.1, 0.15) is 527 Å². The van der Waals surface area contributed by atoms with E-state index in [1.807, 2.05) is 0 Å². The first kappa shape index (κ1) is 100. The molecule has 0 radical (unpaired) electrons. The van der Waals surface area contributed by atoms with Crippen molar-refractivity contribution in [2.75, 3.05) is 0 Å². The summed E-state index contributed by atoms with van der Waals surface area (Å²) in [4.78, 5) is 11.2. The minimum absolute atomic E-state index is 0. The van der Waals surface area contributed by atoms with E-state index in [2.05, 4.69) is 112 Å². The molecular weight excluding hydrogens is 1360 g/mol. The number of para-hydroxylation sites is 2. The number of rotatable bonds is 78. The van der Waals surface area contributed by atoms with Crippen LogP contribution in [0.3, 0.4) is 0 Å². The monoisotopic (exact) mass is 1540 g/mol. The number of hydrogen-bond donors (Lipinski definition) is 0. The van der Waals surface area contributed by atoms with Gasteiger partial charge in [0.05, 0.1) is 17.1 Å². The largest absolute Gasteiger partial charge is 2.00 e. The number of aliphatic imine (C=N–C) groups is 2. The van der Waals surface area contributed by atoms with Gasteiger partial charge >= 0.3 is 20.4 Å². The number of benzene rings is 2. The maximum absolute atomic E-state index is 5.62. The molecular formula is C102H176N2Pd+2. The summed E-state index contributed by atoms with van der Waals surface area (Å²) in [7, 11) is 0. The third-order valence-corrected chi connectivity index (χ3v) is 22.5. The Kier molecular flexibility index (Phi) is 81.2. The van der Waals surface area contributed by atoms with Crippen molar-refractivity contribution >= 4 is 22.8 Å². The number of unbranched alkanes of at least 4 members (excludes halogenated alkanes) is 69. The standard InChI is InChI=1S/C102H176N2.Pd/c1-5-9-13-17-21-24-27-30-33-36-39-42-45-48-50-53-56-59-62-65-68-71-74-77-81-89-97-91-85-87-93-99(97)103-101(95-83-79-20-16-12-8-4)102(96-84-80-76-73-70-67-64-61-58-55-52-47-44-41-38-35-32-29-26-23-19-15-11-7-3)104-100-94-88-86-92-98(100)90-82-78-75-72-69-66-63-60-57-54-51-49-46-43-40-37-34-31-28-25-22-18-14-10-6-2;/h85-88,91-94H,5-73,76,79-83,89-90,95H2,1-4H3;/q;+2/b103-101-,104-102+;. The smallest absolute Gasteiger partial charge is 0.250 e. The molecule has 0 fully saturated rings. The Morgan fingerprint density at radius 3 is 0.676 bits per heavy atom. The van der Waals surface area contributed by atoms with E-state index in [1.165, 1.54) is 448 Å². The van der Waals surface area contributed by atoms with Crippen molar-refractivity contribution in [2.24, 2.45) is 9.98 Å². The second-order valence-corrected chi connectivity index (χ2v) is 32.6. The molecule has 105 heavy (non-hydrogen) atoms. The van der Waals surface area contributed by atoms with Gasteiger partial charge in [-0.15, -0.1) is 23.7 Å². The molecule has 3 heteroatoms. The minimum Gasteiger partial charge on any atom is -0.250 e. The van der Waals surface area contributed by atoms with Crippen molar-refractivity contribution in [2.45, 2.75) is 529 Å². The van der Waals surface area contributed by atoms with E-state index < -0.39 is 0 Å². The van der Waals surface area contributed by atoms with Crippen molar-refractivity contribution in [1.82, 2.24) is 0 Å². The van der Waals surface area contributed by atoms with Crippen LogP contribution in [-0.2, 0) is 33.3 Å². The molecule has 2 aromatic carbocycles. The van der Waals surface area contributed by atoms with Gasteiger partial charge in [-0.2, -0.15) is 0 Å². The molecule has 0 heterocycles. The average Bonchev–Trinajstić information content (AvgIpc) is 0.845. The molecule has 0 saturated heterocycles. The fraction of sp³-hybridized carbons (Fsp3) is 0.804. The van der Waals surface area contributed by atoms with Crippen LogP contribution in [0, 0.1) is 35.5 Å². The summed E-state index contributed by atoms with van der Waals surface area (Å²) in [5.41, 5.74) is 6.55. The van der Waals surface area contributed by atoms with Crippen LogP contribution in [0.15, 0.2) is 58.5 Å². The first-order valence-electron chi connectivity index (χ1n) is 47.5. The van der Waals surface area contributed by atoms with Gasteiger partial charge in [-0.1, -0.05) is 494 Å². The second-order valence-electron chi connectivity index (χ2n) is 32.6. The third-order valence-electron chi connectivity index (χ3n) is 22.5. The molecule has 2 nitrogen and oxygen atoms in total. The zero-order valence-electron chi connectivity index (χ0n) is 71.0. The van der Waals surface area contributed by atoms with Crippen LogP contribution in [0.5, 0.6) is 0 Å². The molecule has 0 aliphatic carbocycles. The Morgan fingerprint density at radius 1 is 0.219 bits per heavy atom. The summed E-state index contributed by atoms with van der Waals surface area (Å²) >= 11 is 0. The van der Waals surface area contributed by atoms with Crippen molar-refractivity contribution < 1.29 is 20.4 Å². The van der Waals surface area contributed by atoms with E-state index in [4.69, 9.17) is 9.98 Å². The molecule has 0 aliphatic heterocycles. The summed E-state index contributed by atoms with van der Waals surface area (Å²) in [6.07, 6.45) is 106. The first-order chi connectivity index (χ1) is 51.7. The molecule has 0 spiro atoms. The van der Waals surface area contributed by atoms with Gasteiger partial charge in [0, 0.05) is 32.1 Å². The molecule has 0 saturated carbocycles. The molecule has 0 aromatic heterocycles. The van der Waals surface area contributed by atoms with E-state index >= 15 is 0 Å². The van der Waals surface area contributed by atoms with E-state index in [0.717, 1.165) is 87.0 Å². The van der Waals surface area contributed by atoms with Gasteiger partial charge in [-0.3, -0.25) is 4.99 Å². The van der Waals surface area contributed by atoms with E-state index in [0.29, 0.717) is 0 Å². The SMILES string of the molecule is CCCCCCCCCCCCCCCCCCCCCCCC#CCCc1ccccc1/N=C(CCCCCCCC)\C(C#CCCCCCCCCCCCCCCCCCCCCCCCC)=N\c1ccccc1CCC#CCCCCCCCCCCCCCCCCCCCCCCC.[Pd+2]. The predicted octanol–water partition coefficient (Wildman–Crippen LogP) is 35.4. The number of hydrogen-bond acceptors (Lipinski definition) is 2. The second kappa shape index (κ2) is 85.1. The summed E-state index contributed by atoms with van der Waals surface area (Å²) in [5, 5.41) is 0. The molecule has 0 N–H and O–H groups in total. The van der Waals surface area contributed by atoms with Crippen LogP contribution in [-0.4, -0.2) is 11.4 Å². The van der Waals surface area contributed by atoms with Crippen molar-refractivity contribution in [3.63, 3.8) is 0 Å². The Balaban J connectivity index is 0.0000551. The van der Waals surface area contributed by atoms with Crippen molar-refractivity contribution in [3.8, 4) is 35.5 Å².